The van der Waals surface area contributed by atoms with Crippen LogP contribution in [0.4, 0.5) is 0 Å². The molecular formula is C22H23ClN6OS. The molecule has 4 rings (SSSR count). The van der Waals surface area contributed by atoms with Gasteiger partial charge in [-0.05, 0) is 44.8 Å². The summed E-state index contributed by atoms with van der Waals surface area (Å²) in [5, 5.41) is 10.8. The average molecular weight is 455 g/mol. The predicted octanol–water partition coefficient (Wildman–Crippen LogP) is 4.13. The molecule has 160 valence electrons. The summed E-state index contributed by atoms with van der Waals surface area (Å²) in [6, 6.07) is 15.4. The minimum atomic E-state index is -0.176. The number of aromatic nitrogens is 5. The number of aromatic amines is 1. The lowest BCUT2D eigenvalue weighted by molar-refractivity contribution is 0.300. The van der Waals surface area contributed by atoms with Crippen molar-refractivity contribution in [2.24, 2.45) is 0 Å². The Hall–Kier alpha value is -2.68. The second-order valence-electron chi connectivity index (χ2n) is 7.51. The summed E-state index contributed by atoms with van der Waals surface area (Å²) in [6.45, 7) is 2.77. The molecular weight excluding hydrogens is 432 g/mol. The fraction of sp³-hybridized carbons (Fsp3) is 0.273. The fourth-order valence-corrected chi connectivity index (χ4v) is 4.21. The molecule has 31 heavy (non-hydrogen) atoms. The van der Waals surface area contributed by atoms with Crippen LogP contribution in [0, 0.1) is 0 Å². The van der Waals surface area contributed by atoms with E-state index in [-0.39, 0.29) is 11.6 Å². The van der Waals surface area contributed by atoms with E-state index in [1.165, 1.54) is 17.3 Å². The maximum atomic E-state index is 12.4. The van der Waals surface area contributed by atoms with Gasteiger partial charge in [-0.15, -0.1) is 10.2 Å². The van der Waals surface area contributed by atoms with Crippen LogP contribution in [-0.4, -0.2) is 43.7 Å². The van der Waals surface area contributed by atoms with Crippen LogP contribution in [0.15, 0.2) is 58.5 Å². The summed E-state index contributed by atoms with van der Waals surface area (Å²) < 4.78 is 2.13. The molecule has 1 unspecified atom stereocenters. The molecule has 0 spiro atoms. The van der Waals surface area contributed by atoms with Crippen molar-refractivity contribution < 1.29 is 0 Å². The molecule has 0 fully saturated rings. The lowest BCUT2D eigenvalue weighted by atomic mass is 10.2. The summed E-state index contributed by atoms with van der Waals surface area (Å²) in [6.07, 6.45) is 0. The molecule has 0 saturated heterocycles. The van der Waals surface area contributed by atoms with Gasteiger partial charge in [-0.1, -0.05) is 53.7 Å². The van der Waals surface area contributed by atoms with Crippen molar-refractivity contribution in [3.8, 4) is 0 Å². The third-order valence-corrected chi connectivity index (χ3v) is 6.35. The number of nitrogens with zero attached hydrogens (tertiary/aromatic N) is 5. The van der Waals surface area contributed by atoms with Crippen molar-refractivity contribution in [3.63, 3.8) is 0 Å². The molecule has 7 nitrogen and oxygen atoms in total. The van der Waals surface area contributed by atoms with Crippen LogP contribution in [0.1, 0.15) is 30.2 Å². The van der Waals surface area contributed by atoms with Crippen LogP contribution < -0.4 is 5.56 Å². The fourth-order valence-electron chi connectivity index (χ4n) is 3.22. The van der Waals surface area contributed by atoms with Crippen molar-refractivity contribution in [3.05, 3.63) is 81.1 Å². The number of fused-ring (bicyclic) bond motifs is 1. The maximum absolute atomic E-state index is 12.4. The lowest BCUT2D eigenvalue weighted by Crippen LogP contribution is -2.21. The largest absolute Gasteiger partial charge is 0.309 e. The Labute approximate surface area is 189 Å². The van der Waals surface area contributed by atoms with E-state index in [2.05, 4.69) is 48.7 Å². The molecule has 0 aliphatic rings. The average Bonchev–Trinajstić information content (AvgIpc) is 3.14. The van der Waals surface area contributed by atoms with Crippen LogP contribution in [0.25, 0.3) is 10.9 Å². The SMILES string of the molecule is CC(c1nnc(SCc2nc3cc(Cl)ccc3c(=O)[nH]2)n1Cc1ccccc1)N(C)C. The number of benzene rings is 2. The van der Waals surface area contributed by atoms with Crippen molar-refractivity contribution in [2.75, 3.05) is 14.1 Å². The van der Waals surface area contributed by atoms with E-state index in [0.717, 1.165) is 11.0 Å². The molecule has 0 amide bonds. The van der Waals surface area contributed by atoms with Gasteiger partial charge in [0.25, 0.3) is 5.56 Å². The molecule has 0 aliphatic carbocycles. The summed E-state index contributed by atoms with van der Waals surface area (Å²) in [5.41, 5.74) is 1.58. The van der Waals surface area contributed by atoms with Crippen molar-refractivity contribution in [1.29, 1.82) is 0 Å². The van der Waals surface area contributed by atoms with Crippen LogP contribution in [0.2, 0.25) is 5.02 Å². The van der Waals surface area contributed by atoms with E-state index < -0.39 is 0 Å². The van der Waals surface area contributed by atoms with Crippen molar-refractivity contribution >= 4 is 34.3 Å². The van der Waals surface area contributed by atoms with Crippen LogP contribution >= 0.6 is 23.4 Å². The topological polar surface area (TPSA) is 79.7 Å². The minimum Gasteiger partial charge on any atom is -0.309 e. The number of nitrogens with one attached hydrogen (secondary N) is 1. The highest BCUT2D eigenvalue weighted by Gasteiger charge is 2.20. The summed E-state index contributed by atoms with van der Waals surface area (Å²) in [4.78, 5) is 21.9. The summed E-state index contributed by atoms with van der Waals surface area (Å²) in [7, 11) is 4.04. The van der Waals surface area contributed by atoms with E-state index in [0.29, 0.717) is 34.0 Å². The Morgan fingerprint density at radius 3 is 2.68 bits per heavy atom. The number of rotatable bonds is 7. The zero-order chi connectivity index (χ0) is 22.0. The van der Waals surface area contributed by atoms with Crippen molar-refractivity contribution in [2.45, 2.75) is 30.4 Å². The van der Waals surface area contributed by atoms with Gasteiger partial charge in [-0.2, -0.15) is 0 Å². The maximum Gasteiger partial charge on any atom is 0.258 e. The number of hydrogen-bond donors (Lipinski definition) is 1. The van der Waals surface area contributed by atoms with E-state index in [1.807, 2.05) is 32.3 Å². The van der Waals surface area contributed by atoms with Gasteiger partial charge < -0.3 is 9.55 Å². The zero-order valence-corrected chi connectivity index (χ0v) is 19.1. The summed E-state index contributed by atoms with van der Waals surface area (Å²) in [5.74, 6) is 1.92. The molecule has 0 radical (unpaired) electrons. The summed E-state index contributed by atoms with van der Waals surface area (Å²) >= 11 is 7.56. The molecule has 2 aromatic heterocycles. The van der Waals surface area contributed by atoms with E-state index >= 15 is 0 Å². The highest BCUT2D eigenvalue weighted by atomic mass is 35.5. The molecule has 0 saturated carbocycles. The first kappa shape index (κ1) is 21.5. The van der Waals surface area contributed by atoms with Gasteiger partial charge in [0.05, 0.1) is 29.2 Å². The van der Waals surface area contributed by atoms with Crippen molar-refractivity contribution in [1.82, 2.24) is 29.6 Å². The van der Waals surface area contributed by atoms with Gasteiger partial charge in [0.2, 0.25) is 0 Å². The number of thioether (sulfide) groups is 1. The first-order valence-electron chi connectivity index (χ1n) is 9.87. The Bertz CT molecular complexity index is 1250. The van der Waals surface area contributed by atoms with Crippen LogP contribution in [0.3, 0.4) is 0 Å². The third kappa shape index (κ3) is 4.81. The van der Waals surface area contributed by atoms with Crippen LogP contribution in [-0.2, 0) is 12.3 Å². The lowest BCUT2D eigenvalue weighted by Gasteiger charge is -2.20. The van der Waals surface area contributed by atoms with E-state index in [4.69, 9.17) is 11.6 Å². The number of H-pyrrole nitrogens is 1. The zero-order valence-electron chi connectivity index (χ0n) is 17.5. The molecule has 1 N–H and O–H groups in total. The first-order valence-corrected chi connectivity index (χ1v) is 11.2. The van der Waals surface area contributed by atoms with E-state index in [9.17, 15) is 4.79 Å². The van der Waals surface area contributed by atoms with E-state index in [1.54, 1.807) is 18.2 Å². The molecule has 9 heteroatoms. The molecule has 2 aromatic carbocycles. The first-order chi connectivity index (χ1) is 14.9. The number of hydrogen-bond acceptors (Lipinski definition) is 6. The Balaban J connectivity index is 1.64. The monoisotopic (exact) mass is 454 g/mol. The minimum absolute atomic E-state index is 0.103. The van der Waals surface area contributed by atoms with Gasteiger partial charge in [0.15, 0.2) is 11.0 Å². The van der Waals surface area contributed by atoms with Gasteiger partial charge in [-0.3, -0.25) is 9.69 Å². The highest BCUT2D eigenvalue weighted by Crippen LogP contribution is 2.26. The number of halogens is 1. The molecule has 1 atom stereocenters. The smallest absolute Gasteiger partial charge is 0.258 e. The van der Waals surface area contributed by atoms with Gasteiger partial charge in [0.1, 0.15) is 5.82 Å². The van der Waals surface area contributed by atoms with Gasteiger partial charge in [-0.25, -0.2) is 4.98 Å². The standard InChI is InChI=1S/C22H23ClN6OS/c1-14(28(2)3)20-26-27-22(29(20)12-15-7-5-4-6-8-15)31-13-19-24-18-11-16(23)9-10-17(18)21(30)25-19/h4-11,14H,12-13H2,1-3H3,(H,24,25,30). The van der Waals surface area contributed by atoms with Crippen LogP contribution in [0.5, 0.6) is 0 Å². The van der Waals surface area contributed by atoms with Gasteiger partial charge in [0, 0.05) is 5.02 Å². The second kappa shape index (κ2) is 9.21. The highest BCUT2D eigenvalue weighted by molar-refractivity contribution is 7.98. The molecule has 4 aromatic rings. The normalized spacial score (nSPS) is 12.5. The quantitative estimate of drug-likeness (QED) is 0.423. The molecule has 0 bridgehead atoms. The molecule has 2 heterocycles. The predicted molar refractivity (Wildman–Crippen MR) is 125 cm³/mol. The third-order valence-electron chi connectivity index (χ3n) is 5.13. The Kier molecular flexibility index (Phi) is 6.41. The molecule has 0 aliphatic heterocycles. The second-order valence-corrected chi connectivity index (χ2v) is 8.89. The van der Waals surface area contributed by atoms with Gasteiger partial charge >= 0.3 is 0 Å². The Morgan fingerprint density at radius 2 is 1.94 bits per heavy atom. The Morgan fingerprint density at radius 1 is 1.16 bits per heavy atom.